The number of aromatic nitrogens is 1. The number of nitrogens with zero attached hydrogens (tertiary/aromatic N) is 1. The predicted octanol–water partition coefficient (Wildman–Crippen LogP) is 7.18. The highest BCUT2D eigenvalue weighted by Gasteiger charge is 2.26. The number of ether oxygens (including phenoxy) is 1. The molecule has 0 unspecified atom stereocenters. The Balaban J connectivity index is 1.67. The summed E-state index contributed by atoms with van der Waals surface area (Å²) in [5.41, 5.74) is 5.64. The van der Waals surface area contributed by atoms with Gasteiger partial charge >= 0.3 is 0 Å². The second kappa shape index (κ2) is 7.82. The van der Waals surface area contributed by atoms with Crippen LogP contribution < -0.4 is 10.2 Å². The van der Waals surface area contributed by atoms with Crippen molar-refractivity contribution in [3.63, 3.8) is 0 Å². The summed E-state index contributed by atoms with van der Waals surface area (Å²) < 4.78 is 25.9. The molecule has 5 aromatic rings. The fraction of sp³-hybridized carbons (Fsp3) is 0.0714. The minimum atomic E-state index is -0.392. The summed E-state index contributed by atoms with van der Waals surface area (Å²) in [5.74, 6) is 0.151. The average Bonchev–Trinajstić information content (AvgIpc) is 2.84. The molecule has 0 aliphatic carbocycles. The Morgan fingerprint density at radius 1 is 0.941 bits per heavy atom. The van der Waals surface area contributed by atoms with Gasteiger partial charge in [-0.3, -0.25) is 4.79 Å². The van der Waals surface area contributed by atoms with Crippen LogP contribution in [0.2, 0.25) is 5.02 Å². The van der Waals surface area contributed by atoms with Gasteiger partial charge in [0.1, 0.15) is 30.0 Å². The van der Waals surface area contributed by atoms with E-state index < -0.39 is 5.82 Å². The van der Waals surface area contributed by atoms with E-state index in [2.05, 4.69) is 0 Å². The Hall–Kier alpha value is -3.96. The van der Waals surface area contributed by atoms with Gasteiger partial charge in [-0.25, -0.2) is 9.37 Å². The number of hydrogen-bond donors (Lipinski definition) is 0. The van der Waals surface area contributed by atoms with Crippen molar-refractivity contribution in [1.82, 2.24) is 4.98 Å². The zero-order chi connectivity index (χ0) is 23.4. The summed E-state index contributed by atoms with van der Waals surface area (Å²) >= 11 is 6.08. The lowest BCUT2D eigenvalue weighted by Crippen LogP contribution is -2.13. The topological polar surface area (TPSA) is 52.3 Å². The van der Waals surface area contributed by atoms with Crippen LogP contribution in [0.3, 0.4) is 0 Å². The number of fused-ring (bicyclic) bond motifs is 4. The lowest BCUT2D eigenvalue weighted by Gasteiger charge is -2.23. The van der Waals surface area contributed by atoms with Crippen LogP contribution in [0.4, 0.5) is 4.39 Å². The van der Waals surface area contributed by atoms with Gasteiger partial charge < -0.3 is 9.15 Å². The van der Waals surface area contributed by atoms with Crippen molar-refractivity contribution in [2.45, 2.75) is 13.5 Å². The Labute approximate surface area is 199 Å². The molecule has 3 aromatic carbocycles. The van der Waals surface area contributed by atoms with E-state index in [9.17, 15) is 9.18 Å². The molecule has 0 N–H and O–H groups in total. The maximum atomic E-state index is 14.2. The summed E-state index contributed by atoms with van der Waals surface area (Å²) in [6, 6.07) is 19.0. The lowest BCUT2D eigenvalue weighted by molar-refractivity contribution is 0.301. The summed E-state index contributed by atoms with van der Waals surface area (Å²) in [4.78, 5) is 18.4. The van der Waals surface area contributed by atoms with Gasteiger partial charge in [-0.2, -0.15) is 0 Å². The summed E-state index contributed by atoms with van der Waals surface area (Å²) in [6.45, 7) is 2.13. The van der Waals surface area contributed by atoms with Gasteiger partial charge in [-0.1, -0.05) is 35.4 Å². The van der Waals surface area contributed by atoms with Crippen LogP contribution in [-0.4, -0.2) is 4.98 Å². The fourth-order valence-electron chi connectivity index (χ4n) is 4.34. The smallest absolute Gasteiger partial charge is 0.200 e. The van der Waals surface area contributed by atoms with E-state index in [1.54, 1.807) is 24.3 Å². The van der Waals surface area contributed by atoms with E-state index in [4.69, 9.17) is 25.7 Å². The normalized spacial score (nSPS) is 12.2. The lowest BCUT2D eigenvalue weighted by atomic mass is 9.92. The van der Waals surface area contributed by atoms with Crippen LogP contribution in [0.25, 0.3) is 44.6 Å². The number of hydrogen-bond acceptors (Lipinski definition) is 4. The standard InChI is InChI=1S/C28H17ClFNO3/c1-15-2-8-26-21(10-15)28(32)23(14-34-26)19-12-24(16-3-5-17(29)6-4-16)31-27-20-11-18(30)7-9-25(20)33-13-22(19)27/h2-12,14H,13H2,1H3. The first-order chi connectivity index (χ1) is 16.5. The van der Waals surface area contributed by atoms with Crippen LogP contribution in [0.15, 0.2) is 82.2 Å². The van der Waals surface area contributed by atoms with Gasteiger partial charge in [0.2, 0.25) is 5.43 Å². The first-order valence-corrected chi connectivity index (χ1v) is 11.1. The SMILES string of the molecule is Cc1ccc2occ(-c3cc(-c4ccc(Cl)cc4)nc4c3COc3ccc(F)cc3-4)c(=O)c2c1. The molecule has 0 bridgehead atoms. The maximum absolute atomic E-state index is 14.2. The molecule has 0 saturated carbocycles. The van der Waals surface area contributed by atoms with Gasteiger partial charge in [0.05, 0.1) is 22.3 Å². The Bertz CT molecular complexity index is 1660. The molecule has 0 fully saturated rings. The molecule has 3 heterocycles. The van der Waals surface area contributed by atoms with Gasteiger partial charge in [0, 0.05) is 21.7 Å². The van der Waals surface area contributed by atoms with Crippen molar-refractivity contribution >= 4 is 22.6 Å². The molecule has 0 amide bonds. The second-order valence-electron chi connectivity index (χ2n) is 8.30. The Kier molecular flexibility index (Phi) is 4.74. The predicted molar refractivity (Wildman–Crippen MR) is 131 cm³/mol. The molecule has 6 heteroatoms. The van der Waals surface area contributed by atoms with Gasteiger partial charge in [-0.15, -0.1) is 0 Å². The number of pyridine rings is 1. The third-order valence-corrected chi connectivity index (χ3v) is 6.30. The molecule has 1 aliphatic heterocycles. The molecule has 4 nitrogen and oxygen atoms in total. The van der Waals surface area contributed by atoms with Crippen molar-refractivity contribution in [3.05, 3.63) is 105 Å². The largest absolute Gasteiger partial charge is 0.488 e. The maximum Gasteiger partial charge on any atom is 0.200 e. The van der Waals surface area contributed by atoms with E-state index >= 15 is 0 Å². The molecule has 34 heavy (non-hydrogen) atoms. The monoisotopic (exact) mass is 469 g/mol. The third-order valence-electron chi connectivity index (χ3n) is 6.05. The molecule has 1 aliphatic rings. The van der Waals surface area contributed by atoms with Crippen LogP contribution in [0.5, 0.6) is 5.75 Å². The van der Waals surface area contributed by atoms with Crippen molar-refractivity contribution in [1.29, 1.82) is 0 Å². The van der Waals surface area contributed by atoms with E-state index in [0.29, 0.717) is 55.4 Å². The Morgan fingerprint density at radius 2 is 1.76 bits per heavy atom. The van der Waals surface area contributed by atoms with Crippen molar-refractivity contribution < 1.29 is 13.5 Å². The molecular weight excluding hydrogens is 453 g/mol. The number of benzene rings is 3. The first kappa shape index (κ1) is 20.6. The molecule has 0 spiro atoms. The average molecular weight is 470 g/mol. The molecule has 2 aromatic heterocycles. The number of aryl methyl sites for hydroxylation is 1. The molecule has 0 saturated heterocycles. The van der Waals surface area contributed by atoms with E-state index in [-0.39, 0.29) is 12.0 Å². The van der Waals surface area contributed by atoms with Gasteiger partial charge in [0.25, 0.3) is 0 Å². The second-order valence-corrected chi connectivity index (χ2v) is 8.73. The highest BCUT2D eigenvalue weighted by molar-refractivity contribution is 6.30. The first-order valence-electron chi connectivity index (χ1n) is 10.7. The molecule has 0 radical (unpaired) electrons. The van der Waals surface area contributed by atoms with Crippen LogP contribution in [0, 0.1) is 12.7 Å². The minimum absolute atomic E-state index is 0.148. The van der Waals surface area contributed by atoms with E-state index in [1.807, 2.05) is 37.3 Å². The molecule has 6 rings (SSSR count). The van der Waals surface area contributed by atoms with Gasteiger partial charge in [0.15, 0.2) is 0 Å². The summed E-state index contributed by atoms with van der Waals surface area (Å²) in [7, 11) is 0. The summed E-state index contributed by atoms with van der Waals surface area (Å²) in [6.07, 6.45) is 1.47. The Morgan fingerprint density at radius 3 is 2.59 bits per heavy atom. The van der Waals surface area contributed by atoms with Gasteiger partial charge in [-0.05, 0) is 61.0 Å². The minimum Gasteiger partial charge on any atom is -0.488 e. The number of halogens is 2. The van der Waals surface area contributed by atoms with Crippen LogP contribution in [-0.2, 0) is 6.61 Å². The summed E-state index contributed by atoms with van der Waals surface area (Å²) in [5, 5.41) is 1.10. The quantitative estimate of drug-likeness (QED) is 0.275. The van der Waals surface area contributed by atoms with E-state index in [1.165, 1.54) is 18.4 Å². The van der Waals surface area contributed by atoms with Crippen molar-refractivity contribution in [2.75, 3.05) is 0 Å². The molecule has 166 valence electrons. The van der Waals surface area contributed by atoms with Crippen molar-refractivity contribution in [2.24, 2.45) is 0 Å². The van der Waals surface area contributed by atoms with Crippen LogP contribution in [0.1, 0.15) is 11.1 Å². The highest BCUT2D eigenvalue weighted by atomic mass is 35.5. The third kappa shape index (κ3) is 3.37. The zero-order valence-electron chi connectivity index (χ0n) is 18.1. The van der Waals surface area contributed by atoms with Crippen LogP contribution >= 0.6 is 11.6 Å². The zero-order valence-corrected chi connectivity index (χ0v) is 18.8. The highest BCUT2D eigenvalue weighted by Crippen LogP contribution is 2.42. The molecule has 0 atom stereocenters. The fourth-order valence-corrected chi connectivity index (χ4v) is 4.47. The molecular formula is C28H17ClFNO3. The van der Waals surface area contributed by atoms with E-state index in [0.717, 1.165) is 11.1 Å². The number of rotatable bonds is 2. The van der Waals surface area contributed by atoms with Crippen molar-refractivity contribution in [3.8, 4) is 39.4 Å².